The topological polar surface area (TPSA) is 78.4 Å². The molecule has 0 spiro atoms. The number of aliphatic hydroxyl groups excluding tert-OH is 1. The Hall–Kier alpha value is -2.47. The second-order valence-corrected chi connectivity index (χ2v) is 6.45. The van der Waals surface area contributed by atoms with Crippen LogP contribution in [0.1, 0.15) is 35.9 Å². The van der Waals surface area contributed by atoms with Crippen molar-refractivity contribution in [3.63, 3.8) is 0 Å². The van der Waals surface area contributed by atoms with E-state index in [4.69, 9.17) is 0 Å². The average molecular weight is 340 g/mol. The molecule has 132 valence electrons. The van der Waals surface area contributed by atoms with Gasteiger partial charge in [0.15, 0.2) is 0 Å². The quantitative estimate of drug-likeness (QED) is 0.896. The van der Waals surface area contributed by atoms with Crippen LogP contribution in [0.5, 0.6) is 0 Å². The van der Waals surface area contributed by atoms with E-state index in [1.54, 1.807) is 17.3 Å². The van der Waals surface area contributed by atoms with E-state index < -0.39 is 6.10 Å². The Morgan fingerprint density at radius 1 is 1.24 bits per heavy atom. The first kappa shape index (κ1) is 17.4. The van der Waals surface area contributed by atoms with Gasteiger partial charge in [0, 0.05) is 25.5 Å². The third kappa shape index (κ3) is 4.33. The van der Waals surface area contributed by atoms with Crippen LogP contribution in [0.2, 0.25) is 0 Å². The van der Waals surface area contributed by atoms with Crippen molar-refractivity contribution in [1.82, 2.24) is 20.2 Å². The van der Waals surface area contributed by atoms with E-state index in [0.717, 1.165) is 24.1 Å². The number of aryl methyl sites for hydroxylation is 1. The van der Waals surface area contributed by atoms with Gasteiger partial charge in [-0.3, -0.25) is 9.97 Å². The summed E-state index contributed by atoms with van der Waals surface area (Å²) >= 11 is 0. The SMILES string of the molecule is Cc1cccnc1CNC(=O)N1CCC([C@H](O)c2ccccn2)CC1. The average Bonchev–Trinajstić information content (AvgIpc) is 2.67. The molecule has 3 heterocycles. The molecule has 0 unspecified atom stereocenters. The number of pyridine rings is 2. The van der Waals surface area contributed by atoms with Crippen molar-refractivity contribution < 1.29 is 9.90 Å². The molecular formula is C19H24N4O2. The van der Waals surface area contributed by atoms with Crippen LogP contribution in [0.3, 0.4) is 0 Å². The summed E-state index contributed by atoms with van der Waals surface area (Å²) in [5, 5.41) is 13.4. The van der Waals surface area contributed by atoms with Gasteiger partial charge in [-0.2, -0.15) is 0 Å². The minimum atomic E-state index is -0.567. The number of piperidine rings is 1. The molecule has 1 aliphatic heterocycles. The van der Waals surface area contributed by atoms with E-state index in [2.05, 4.69) is 15.3 Å². The van der Waals surface area contributed by atoms with Crippen molar-refractivity contribution in [2.45, 2.75) is 32.4 Å². The summed E-state index contributed by atoms with van der Waals surface area (Å²) in [5.74, 6) is 0.136. The number of hydrogen-bond acceptors (Lipinski definition) is 4. The maximum absolute atomic E-state index is 12.3. The van der Waals surface area contributed by atoms with Crippen molar-refractivity contribution in [3.8, 4) is 0 Å². The van der Waals surface area contributed by atoms with Gasteiger partial charge in [-0.15, -0.1) is 0 Å². The first-order valence-electron chi connectivity index (χ1n) is 8.67. The Balaban J connectivity index is 1.48. The van der Waals surface area contributed by atoms with Crippen LogP contribution in [-0.4, -0.2) is 39.1 Å². The van der Waals surface area contributed by atoms with Gasteiger partial charge < -0.3 is 15.3 Å². The van der Waals surface area contributed by atoms with Crippen LogP contribution < -0.4 is 5.32 Å². The Morgan fingerprint density at radius 2 is 2.00 bits per heavy atom. The van der Waals surface area contributed by atoms with Gasteiger partial charge in [0.05, 0.1) is 24.0 Å². The first-order chi connectivity index (χ1) is 12.1. The molecule has 0 saturated carbocycles. The van der Waals surface area contributed by atoms with Crippen molar-refractivity contribution in [2.75, 3.05) is 13.1 Å². The summed E-state index contributed by atoms with van der Waals surface area (Å²) in [7, 11) is 0. The number of urea groups is 1. The summed E-state index contributed by atoms with van der Waals surface area (Å²) in [6.07, 6.45) is 4.41. The van der Waals surface area contributed by atoms with E-state index in [0.29, 0.717) is 25.3 Å². The molecule has 0 aliphatic carbocycles. The van der Waals surface area contributed by atoms with Gasteiger partial charge in [0.1, 0.15) is 0 Å². The standard InChI is InChI=1S/C19H24N4O2/c1-14-5-4-10-21-17(14)13-22-19(25)23-11-7-15(8-12-23)18(24)16-6-2-3-9-20-16/h2-6,9-10,15,18,24H,7-8,11-13H2,1H3,(H,22,25)/t18-/m0/s1. The van der Waals surface area contributed by atoms with E-state index in [1.165, 1.54) is 0 Å². The third-order valence-corrected chi connectivity index (χ3v) is 4.79. The Morgan fingerprint density at radius 3 is 2.68 bits per heavy atom. The van der Waals surface area contributed by atoms with Crippen molar-refractivity contribution in [2.24, 2.45) is 5.92 Å². The second kappa shape index (κ2) is 8.07. The smallest absolute Gasteiger partial charge is 0.317 e. The van der Waals surface area contributed by atoms with Gasteiger partial charge >= 0.3 is 6.03 Å². The zero-order valence-corrected chi connectivity index (χ0v) is 14.4. The summed E-state index contributed by atoms with van der Waals surface area (Å²) in [4.78, 5) is 22.7. The lowest BCUT2D eigenvalue weighted by atomic mass is 9.89. The third-order valence-electron chi connectivity index (χ3n) is 4.79. The van der Waals surface area contributed by atoms with Gasteiger partial charge in [-0.05, 0) is 49.4 Å². The molecule has 25 heavy (non-hydrogen) atoms. The number of amides is 2. The molecule has 0 aromatic carbocycles. The molecule has 1 atom stereocenters. The fraction of sp³-hybridized carbons (Fsp3) is 0.421. The highest BCUT2D eigenvalue weighted by Crippen LogP contribution is 2.29. The van der Waals surface area contributed by atoms with Crippen molar-refractivity contribution in [3.05, 3.63) is 59.7 Å². The normalized spacial score (nSPS) is 16.5. The van der Waals surface area contributed by atoms with E-state index >= 15 is 0 Å². The molecule has 2 aromatic rings. The number of carbonyl (C=O) groups is 1. The Bertz CT molecular complexity index is 700. The summed E-state index contributed by atoms with van der Waals surface area (Å²) in [6.45, 7) is 3.70. The van der Waals surface area contributed by atoms with Crippen LogP contribution >= 0.6 is 0 Å². The molecule has 1 saturated heterocycles. The lowest BCUT2D eigenvalue weighted by Crippen LogP contribution is -2.45. The van der Waals surface area contributed by atoms with Crippen LogP contribution in [0, 0.1) is 12.8 Å². The van der Waals surface area contributed by atoms with Gasteiger partial charge in [-0.1, -0.05) is 12.1 Å². The van der Waals surface area contributed by atoms with Crippen molar-refractivity contribution >= 4 is 6.03 Å². The lowest BCUT2D eigenvalue weighted by Gasteiger charge is -2.34. The fourth-order valence-electron chi connectivity index (χ4n) is 3.19. The van der Waals surface area contributed by atoms with Gasteiger partial charge in [0.25, 0.3) is 0 Å². The summed E-state index contributed by atoms with van der Waals surface area (Å²) < 4.78 is 0. The number of hydrogen-bond donors (Lipinski definition) is 2. The number of likely N-dealkylation sites (tertiary alicyclic amines) is 1. The van der Waals surface area contributed by atoms with Crippen LogP contribution in [0.25, 0.3) is 0 Å². The highest BCUT2D eigenvalue weighted by molar-refractivity contribution is 5.74. The monoisotopic (exact) mass is 340 g/mol. The minimum absolute atomic E-state index is 0.0733. The molecular weight excluding hydrogens is 316 g/mol. The molecule has 0 bridgehead atoms. The maximum Gasteiger partial charge on any atom is 0.317 e. The molecule has 1 fully saturated rings. The number of nitrogens with one attached hydrogen (secondary N) is 1. The highest BCUT2D eigenvalue weighted by atomic mass is 16.3. The largest absolute Gasteiger partial charge is 0.387 e. The molecule has 1 aliphatic rings. The predicted octanol–water partition coefficient (Wildman–Crippen LogP) is 2.44. The Kier molecular flexibility index (Phi) is 5.60. The van der Waals surface area contributed by atoms with E-state index in [1.807, 2.05) is 37.3 Å². The zero-order valence-electron chi connectivity index (χ0n) is 14.4. The number of aromatic nitrogens is 2. The first-order valence-corrected chi connectivity index (χ1v) is 8.67. The molecule has 2 N–H and O–H groups in total. The predicted molar refractivity (Wildman–Crippen MR) is 94.7 cm³/mol. The molecule has 6 heteroatoms. The molecule has 2 aromatic heterocycles. The highest BCUT2D eigenvalue weighted by Gasteiger charge is 2.28. The van der Waals surface area contributed by atoms with Crippen molar-refractivity contribution in [1.29, 1.82) is 0 Å². The van der Waals surface area contributed by atoms with Gasteiger partial charge in [0.2, 0.25) is 0 Å². The zero-order chi connectivity index (χ0) is 17.6. The number of carbonyl (C=O) groups excluding carboxylic acids is 1. The minimum Gasteiger partial charge on any atom is -0.387 e. The van der Waals surface area contributed by atoms with Crippen LogP contribution in [0.15, 0.2) is 42.7 Å². The fourth-order valence-corrected chi connectivity index (χ4v) is 3.19. The lowest BCUT2D eigenvalue weighted by molar-refractivity contribution is 0.0635. The van der Waals surface area contributed by atoms with E-state index in [-0.39, 0.29) is 11.9 Å². The molecule has 0 radical (unpaired) electrons. The molecule has 2 amide bonds. The second-order valence-electron chi connectivity index (χ2n) is 6.45. The maximum atomic E-state index is 12.3. The number of nitrogens with zero attached hydrogens (tertiary/aromatic N) is 3. The number of aliphatic hydroxyl groups is 1. The molecule has 3 rings (SSSR count). The summed E-state index contributed by atoms with van der Waals surface area (Å²) in [6, 6.07) is 9.37. The van der Waals surface area contributed by atoms with E-state index in [9.17, 15) is 9.90 Å². The summed E-state index contributed by atoms with van der Waals surface area (Å²) in [5.41, 5.74) is 2.66. The van der Waals surface area contributed by atoms with Crippen LogP contribution in [-0.2, 0) is 6.54 Å². The van der Waals surface area contributed by atoms with Crippen LogP contribution in [0.4, 0.5) is 4.79 Å². The van der Waals surface area contributed by atoms with Gasteiger partial charge in [-0.25, -0.2) is 4.79 Å². The number of rotatable bonds is 4. The molecule has 6 nitrogen and oxygen atoms in total. The Labute approximate surface area is 147 Å².